The molecule has 0 aliphatic heterocycles. The number of ketones is 2. The molecular formula is C68H119N11O7. The van der Waals surface area contributed by atoms with Gasteiger partial charge in [0.15, 0.2) is 0 Å². The molecule has 3 aromatic heterocycles. The summed E-state index contributed by atoms with van der Waals surface area (Å²) in [6, 6.07) is 3.48. The van der Waals surface area contributed by atoms with Crippen LogP contribution in [0.5, 0.6) is 0 Å². The lowest BCUT2D eigenvalue weighted by atomic mass is 10.0. The van der Waals surface area contributed by atoms with Gasteiger partial charge in [0.2, 0.25) is 11.9 Å². The lowest BCUT2D eigenvalue weighted by Gasteiger charge is -2.08. The minimum Gasteiger partial charge on any atom is -0.338 e. The van der Waals surface area contributed by atoms with Crippen LogP contribution >= 0.6 is 0 Å². The lowest BCUT2D eigenvalue weighted by molar-refractivity contribution is -0.119. The zero-order valence-corrected chi connectivity index (χ0v) is 54.9. The van der Waals surface area contributed by atoms with Crippen LogP contribution in [0.3, 0.4) is 0 Å². The number of H-pyrrole nitrogens is 3. The van der Waals surface area contributed by atoms with Crippen molar-refractivity contribution in [1.82, 2.24) is 45.4 Å². The molecule has 86 heavy (non-hydrogen) atoms. The molecule has 0 unspecified atom stereocenters. The molecule has 0 bridgehead atoms. The minimum atomic E-state index is -0.381. The summed E-state index contributed by atoms with van der Waals surface area (Å²) < 4.78 is 0. The largest absolute Gasteiger partial charge is 0.338 e. The summed E-state index contributed by atoms with van der Waals surface area (Å²) in [5, 5.41) is 10.6. The number of urea groups is 2. The highest BCUT2D eigenvalue weighted by Crippen LogP contribution is 2.15. The monoisotopic (exact) mass is 1200 g/mol. The van der Waals surface area contributed by atoms with Crippen molar-refractivity contribution in [1.29, 1.82) is 0 Å². The van der Waals surface area contributed by atoms with Gasteiger partial charge < -0.3 is 20.5 Å². The topological polar surface area (TPSA) is 257 Å². The maximum atomic E-state index is 12.0. The maximum absolute atomic E-state index is 12.0. The molecule has 7 N–H and O–H groups in total. The SMILES string of the molecule is CCCCCCCC/C=C\CCCCCCCCCC(=O)Cc1nc(C)cc(=O)[nH]1.CCCCCCCCCCCCCCCCNC(=O)Nc1nc(C)cc(=O)[nH]1.Cc1cc(=O)[nH]c(NC(=O)NCCCCCCCC(=O)CCCCN(C)C)n1. The number of anilines is 2. The molecule has 0 saturated heterocycles. The molecule has 0 aromatic carbocycles. The van der Waals surface area contributed by atoms with Gasteiger partial charge in [0.1, 0.15) is 17.4 Å². The first kappa shape index (κ1) is 78.2. The van der Waals surface area contributed by atoms with Gasteiger partial charge in [-0.2, -0.15) is 0 Å². The van der Waals surface area contributed by atoms with E-state index in [1.165, 1.54) is 179 Å². The Morgan fingerprint density at radius 3 is 1.12 bits per heavy atom. The Hall–Kier alpha value is -5.78. The zero-order valence-electron chi connectivity index (χ0n) is 54.9. The fraction of sp³-hybridized carbons (Fsp3) is 0.735. The van der Waals surface area contributed by atoms with Crippen molar-refractivity contribution in [2.24, 2.45) is 0 Å². The van der Waals surface area contributed by atoms with E-state index < -0.39 is 0 Å². The molecule has 3 aromatic rings. The average Bonchev–Trinajstić information content (AvgIpc) is 3.59. The number of nitrogens with one attached hydrogen (secondary N) is 7. The van der Waals surface area contributed by atoms with E-state index in [4.69, 9.17) is 0 Å². The van der Waals surface area contributed by atoms with Crippen LogP contribution in [0.1, 0.15) is 287 Å². The normalized spacial score (nSPS) is 11.0. The standard InChI is InChI=1S/C26H44N2O2.C22H40N4O2.C20H35N5O3/c1-3-4-5-6-7-8-9-10-11-12-13-14-15-16-17-18-19-20-24(29)22-25-27-23(2)21-26(30)28-25;1-3-4-5-6-7-8-9-10-11-12-13-14-15-16-17-23-22(28)26-21-24-19(2)18-20(27)25-21;1-16-15-18(27)23-19(22-16)24-20(28)21-13-9-6-4-5-7-11-17(26)12-8-10-14-25(2)3/h10-11,21H,3-9,12-20,22H2,1-2H3,(H,27,28,30);18H,3-17H2,1-2H3,(H3,23,24,25,26,27,28);15H,4-14H2,1-3H3,(H3,21,22,23,24,27,28)/b11-10-;;. The predicted octanol–water partition coefficient (Wildman–Crippen LogP) is 15.5. The van der Waals surface area contributed by atoms with Gasteiger partial charge in [-0.1, -0.05) is 193 Å². The van der Waals surface area contributed by atoms with Crippen molar-refractivity contribution in [2.45, 2.75) is 291 Å². The highest BCUT2D eigenvalue weighted by molar-refractivity contribution is 5.87. The van der Waals surface area contributed by atoms with E-state index in [1.54, 1.807) is 20.8 Å². The Morgan fingerprint density at radius 1 is 0.419 bits per heavy atom. The quantitative estimate of drug-likeness (QED) is 0.0207. The Balaban J connectivity index is 0.000000646. The number of amides is 4. The van der Waals surface area contributed by atoms with E-state index in [0.717, 1.165) is 77.2 Å². The van der Waals surface area contributed by atoms with Crippen molar-refractivity contribution >= 4 is 35.5 Å². The highest BCUT2D eigenvalue weighted by Gasteiger charge is 2.09. The number of Topliss-reactive ketones (excluding diaryl/α,β-unsaturated/α-hetero) is 2. The summed E-state index contributed by atoms with van der Waals surface area (Å²) in [4.78, 5) is 104. The molecule has 0 saturated carbocycles. The summed E-state index contributed by atoms with van der Waals surface area (Å²) in [5.41, 5.74) is 1.04. The number of hydrogen-bond acceptors (Lipinski definition) is 11. The number of nitrogens with zero attached hydrogens (tertiary/aromatic N) is 4. The van der Waals surface area contributed by atoms with Gasteiger partial charge in [-0.25, -0.2) is 24.5 Å². The Kier molecular flexibility index (Phi) is 49.7. The molecule has 0 aliphatic rings. The van der Waals surface area contributed by atoms with Crippen molar-refractivity contribution in [3.05, 3.63) is 84.3 Å². The van der Waals surface area contributed by atoms with E-state index in [-0.39, 0.29) is 52.8 Å². The van der Waals surface area contributed by atoms with Crippen LogP contribution in [0.4, 0.5) is 21.5 Å². The lowest BCUT2D eigenvalue weighted by Crippen LogP contribution is -2.31. The summed E-state index contributed by atoms with van der Waals surface area (Å²) >= 11 is 0. The van der Waals surface area contributed by atoms with E-state index in [2.05, 4.69) is 82.1 Å². The molecule has 0 atom stereocenters. The number of aromatic nitrogens is 6. The summed E-state index contributed by atoms with van der Waals surface area (Å²) in [5.74, 6) is 1.36. The first-order chi connectivity index (χ1) is 41.6. The van der Waals surface area contributed by atoms with E-state index in [1.807, 2.05) is 14.1 Å². The fourth-order valence-electron chi connectivity index (χ4n) is 9.90. The van der Waals surface area contributed by atoms with Crippen molar-refractivity contribution in [2.75, 3.05) is 44.4 Å². The molecule has 488 valence electrons. The number of aryl methyl sites for hydroxylation is 3. The van der Waals surface area contributed by atoms with Gasteiger partial charge >= 0.3 is 12.1 Å². The number of rotatable bonds is 49. The fourth-order valence-corrected chi connectivity index (χ4v) is 9.90. The molecular weight excluding hydrogens is 1080 g/mol. The first-order valence-electron chi connectivity index (χ1n) is 33.8. The molecule has 3 rings (SSSR count). The Morgan fingerprint density at radius 2 is 0.744 bits per heavy atom. The third-order valence-electron chi connectivity index (χ3n) is 14.7. The highest BCUT2D eigenvalue weighted by atomic mass is 16.2. The molecule has 0 spiro atoms. The Bertz CT molecular complexity index is 2420. The second kappa shape index (κ2) is 54.6. The number of carbonyl (C=O) groups is 4. The molecule has 0 aliphatic carbocycles. The molecule has 4 amide bonds. The first-order valence-corrected chi connectivity index (χ1v) is 33.8. The predicted molar refractivity (Wildman–Crippen MR) is 356 cm³/mol. The number of aromatic amines is 3. The molecule has 3 heterocycles. The number of allylic oxidation sites excluding steroid dienone is 2. The summed E-state index contributed by atoms with van der Waals surface area (Å²) in [7, 11) is 4.10. The van der Waals surface area contributed by atoms with Crippen LogP contribution in [0.2, 0.25) is 0 Å². The minimum absolute atomic E-state index is 0.147. The third-order valence-corrected chi connectivity index (χ3v) is 14.7. The smallest absolute Gasteiger partial charge is 0.321 e. The molecule has 18 nitrogen and oxygen atoms in total. The second-order valence-corrected chi connectivity index (χ2v) is 23.7. The van der Waals surface area contributed by atoms with Gasteiger partial charge in [-0.15, -0.1) is 0 Å². The number of unbranched alkanes of at least 4 members (excludes halogenated alkanes) is 31. The number of carbonyl (C=O) groups excluding carboxylic acids is 4. The van der Waals surface area contributed by atoms with Crippen LogP contribution in [-0.2, 0) is 16.0 Å². The zero-order chi connectivity index (χ0) is 63.1. The van der Waals surface area contributed by atoms with Crippen LogP contribution in [0.15, 0.2) is 44.7 Å². The van der Waals surface area contributed by atoms with Crippen molar-refractivity contribution < 1.29 is 19.2 Å². The van der Waals surface area contributed by atoms with Gasteiger partial charge in [0.05, 0.1) is 6.42 Å². The van der Waals surface area contributed by atoms with Crippen LogP contribution in [-0.4, -0.2) is 92.2 Å². The van der Waals surface area contributed by atoms with Crippen molar-refractivity contribution in [3.63, 3.8) is 0 Å². The van der Waals surface area contributed by atoms with Crippen LogP contribution in [0, 0.1) is 20.8 Å². The van der Waals surface area contributed by atoms with Gasteiger partial charge in [-0.05, 0) is 106 Å². The van der Waals surface area contributed by atoms with Gasteiger partial charge in [0.25, 0.3) is 16.7 Å². The van der Waals surface area contributed by atoms with E-state index in [0.29, 0.717) is 61.0 Å². The average molecular weight is 1200 g/mol. The van der Waals surface area contributed by atoms with Crippen molar-refractivity contribution in [3.8, 4) is 0 Å². The second-order valence-electron chi connectivity index (χ2n) is 23.7. The summed E-state index contributed by atoms with van der Waals surface area (Å²) in [6.45, 7) is 12.0. The molecule has 18 heteroatoms. The van der Waals surface area contributed by atoms with Gasteiger partial charge in [-0.3, -0.25) is 44.6 Å². The van der Waals surface area contributed by atoms with E-state index >= 15 is 0 Å². The summed E-state index contributed by atoms with van der Waals surface area (Å²) in [6.07, 6.45) is 51.6. The number of hydrogen-bond donors (Lipinski definition) is 7. The third kappa shape index (κ3) is 50.4. The van der Waals surface area contributed by atoms with Crippen LogP contribution < -0.4 is 37.9 Å². The molecule has 0 radical (unpaired) electrons. The maximum Gasteiger partial charge on any atom is 0.321 e. The van der Waals surface area contributed by atoms with Gasteiger partial charge in [0, 0.05) is 67.6 Å². The Labute approximate surface area is 518 Å². The molecule has 0 fully saturated rings. The van der Waals surface area contributed by atoms with E-state index in [9.17, 15) is 33.6 Å². The van der Waals surface area contributed by atoms with Crippen LogP contribution in [0.25, 0.3) is 0 Å².